The van der Waals surface area contributed by atoms with Crippen LogP contribution in [0, 0.1) is 5.92 Å². The molecule has 1 aliphatic carbocycles. The SMILES string of the molecule is CO[C@H](C(=O)N[C@H](c1nccs1)C1CC1)c1ccccc1. The maximum atomic E-state index is 12.6. The van der Waals surface area contributed by atoms with Crippen molar-refractivity contribution in [3.63, 3.8) is 0 Å². The van der Waals surface area contributed by atoms with Gasteiger partial charge in [-0.2, -0.15) is 0 Å². The molecular weight excluding hydrogens is 284 g/mol. The highest BCUT2D eigenvalue weighted by atomic mass is 32.1. The van der Waals surface area contributed by atoms with Crippen LogP contribution < -0.4 is 5.32 Å². The molecule has 0 saturated heterocycles. The van der Waals surface area contributed by atoms with Crippen molar-refractivity contribution in [2.24, 2.45) is 5.92 Å². The predicted octanol–water partition coefficient (Wildman–Crippen LogP) is 3.10. The summed E-state index contributed by atoms with van der Waals surface area (Å²) in [5, 5.41) is 6.04. The quantitative estimate of drug-likeness (QED) is 0.892. The fourth-order valence-electron chi connectivity index (χ4n) is 2.45. The number of rotatable bonds is 6. The minimum atomic E-state index is -0.576. The van der Waals surface area contributed by atoms with Crippen molar-refractivity contribution in [1.29, 1.82) is 0 Å². The van der Waals surface area contributed by atoms with Gasteiger partial charge in [-0.1, -0.05) is 30.3 Å². The van der Waals surface area contributed by atoms with Crippen LogP contribution in [0.5, 0.6) is 0 Å². The summed E-state index contributed by atoms with van der Waals surface area (Å²) >= 11 is 1.59. The van der Waals surface area contributed by atoms with Crippen LogP contribution in [0.3, 0.4) is 0 Å². The summed E-state index contributed by atoms with van der Waals surface area (Å²) < 4.78 is 5.39. The van der Waals surface area contributed by atoms with Gasteiger partial charge in [-0.15, -0.1) is 11.3 Å². The second kappa shape index (κ2) is 6.37. The second-order valence-electron chi connectivity index (χ2n) is 5.22. The molecule has 2 aromatic rings. The lowest BCUT2D eigenvalue weighted by Crippen LogP contribution is -2.34. The molecule has 1 aliphatic rings. The second-order valence-corrected chi connectivity index (χ2v) is 6.15. The molecule has 0 aliphatic heterocycles. The van der Waals surface area contributed by atoms with Gasteiger partial charge in [0.15, 0.2) is 6.10 Å². The molecule has 1 aromatic carbocycles. The Kier molecular flexibility index (Phi) is 4.31. The van der Waals surface area contributed by atoms with Gasteiger partial charge in [-0.05, 0) is 24.3 Å². The lowest BCUT2D eigenvalue weighted by Gasteiger charge is -2.20. The van der Waals surface area contributed by atoms with Gasteiger partial charge in [-0.25, -0.2) is 4.98 Å². The number of carbonyl (C=O) groups excluding carboxylic acids is 1. The van der Waals surface area contributed by atoms with Gasteiger partial charge in [0.05, 0.1) is 6.04 Å². The van der Waals surface area contributed by atoms with Crippen LogP contribution in [0.2, 0.25) is 0 Å². The molecule has 2 atom stereocenters. The molecule has 3 rings (SSSR count). The first-order chi connectivity index (χ1) is 10.3. The maximum absolute atomic E-state index is 12.6. The lowest BCUT2D eigenvalue weighted by atomic mass is 10.1. The molecule has 110 valence electrons. The zero-order valence-electron chi connectivity index (χ0n) is 11.9. The van der Waals surface area contributed by atoms with Gasteiger partial charge >= 0.3 is 0 Å². The van der Waals surface area contributed by atoms with E-state index in [0.717, 1.165) is 23.4 Å². The van der Waals surface area contributed by atoms with E-state index in [1.807, 2.05) is 35.7 Å². The monoisotopic (exact) mass is 302 g/mol. The zero-order valence-corrected chi connectivity index (χ0v) is 12.7. The third-order valence-electron chi connectivity index (χ3n) is 3.68. The Morgan fingerprint density at radius 2 is 2.14 bits per heavy atom. The smallest absolute Gasteiger partial charge is 0.254 e. The largest absolute Gasteiger partial charge is 0.367 e. The number of benzene rings is 1. The Balaban J connectivity index is 1.74. The number of amides is 1. The van der Waals surface area contributed by atoms with E-state index in [-0.39, 0.29) is 11.9 Å². The van der Waals surface area contributed by atoms with Gasteiger partial charge in [-0.3, -0.25) is 4.79 Å². The number of methoxy groups -OCH3 is 1. The lowest BCUT2D eigenvalue weighted by molar-refractivity contribution is -0.132. The molecule has 0 unspecified atom stereocenters. The van der Waals surface area contributed by atoms with Gasteiger partial charge in [0, 0.05) is 18.7 Å². The number of hydrogen-bond acceptors (Lipinski definition) is 4. The third kappa shape index (κ3) is 3.31. The molecule has 5 heteroatoms. The van der Waals surface area contributed by atoms with E-state index in [2.05, 4.69) is 10.3 Å². The molecule has 1 fully saturated rings. The van der Waals surface area contributed by atoms with Crippen molar-refractivity contribution in [2.45, 2.75) is 25.0 Å². The van der Waals surface area contributed by atoms with Gasteiger partial charge in [0.25, 0.3) is 5.91 Å². The number of thiazole rings is 1. The van der Waals surface area contributed by atoms with Crippen molar-refractivity contribution in [2.75, 3.05) is 7.11 Å². The zero-order chi connectivity index (χ0) is 14.7. The molecule has 0 spiro atoms. The molecule has 1 amide bonds. The Morgan fingerprint density at radius 3 is 2.71 bits per heavy atom. The number of hydrogen-bond donors (Lipinski definition) is 1. The Morgan fingerprint density at radius 1 is 1.38 bits per heavy atom. The highest BCUT2D eigenvalue weighted by Gasteiger charge is 2.36. The molecule has 0 bridgehead atoms. The average Bonchev–Trinajstić information content (AvgIpc) is 3.21. The van der Waals surface area contributed by atoms with Crippen LogP contribution in [-0.4, -0.2) is 18.0 Å². The van der Waals surface area contributed by atoms with Crippen LogP contribution in [0.1, 0.15) is 35.6 Å². The van der Waals surface area contributed by atoms with Crippen LogP contribution in [0.25, 0.3) is 0 Å². The minimum Gasteiger partial charge on any atom is -0.367 e. The van der Waals surface area contributed by atoms with E-state index in [1.165, 1.54) is 0 Å². The molecule has 1 N–H and O–H groups in total. The number of aromatic nitrogens is 1. The van der Waals surface area contributed by atoms with E-state index in [1.54, 1.807) is 24.6 Å². The third-order valence-corrected chi connectivity index (χ3v) is 4.54. The molecule has 1 heterocycles. The summed E-state index contributed by atoms with van der Waals surface area (Å²) in [4.78, 5) is 16.9. The number of carbonyl (C=O) groups is 1. The van der Waals surface area contributed by atoms with Crippen molar-refractivity contribution in [3.8, 4) is 0 Å². The summed E-state index contributed by atoms with van der Waals surface area (Å²) in [7, 11) is 1.56. The minimum absolute atomic E-state index is 0.0128. The van der Waals surface area contributed by atoms with E-state index in [0.29, 0.717) is 5.92 Å². The first kappa shape index (κ1) is 14.2. The summed E-state index contributed by atoms with van der Waals surface area (Å²) in [6.45, 7) is 0. The van der Waals surface area contributed by atoms with Crippen LogP contribution in [0.4, 0.5) is 0 Å². The molecule has 21 heavy (non-hydrogen) atoms. The first-order valence-electron chi connectivity index (χ1n) is 7.07. The van der Waals surface area contributed by atoms with E-state index in [4.69, 9.17) is 4.74 Å². The molecular formula is C16H18N2O2S. The van der Waals surface area contributed by atoms with E-state index < -0.39 is 6.10 Å². The summed E-state index contributed by atoms with van der Waals surface area (Å²) in [5.41, 5.74) is 0.867. The fraction of sp³-hybridized carbons (Fsp3) is 0.375. The first-order valence-corrected chi connectivity index (χ1v) is 7.95. The molecule has 4 nitrogen and oxygen atoms in total. The van der Waals surface area contributed by atoms with E-state index >= 15 is 0 Å². The van der Waals surface area contributed by atoms with Gasteiger partial charge in [0.2, 0.25) is 0 Å². The maximum Gasteiger partial charge on any atom is 0.254 e. The summed E-state index contributed by atoms with van der Waals surface area (Å²) in [5.74, 6) is 0.407. The Bertz CT molecular complexity index is 582. The Hall–Kier alpha value is -1.72. The van der Waals surface area contributed by atoms with Gasteiger partial charge < -0.3 is 10.1 Å². The van der Waals surface area contributed by atoms with Crippen molar-refractivity contribution in [3.05, 3.63) is 52.5 Å². The Labute approximate surface area is 128 Å². The summed E-state index contributed by atoms with van der Waals surface area (Å²) in [6.07, 6.45) is 3.50. The highest BCUT2D eigenvalue weighted by Crippen LogP contribution is 2.41. The van der Waals surface area contributed by atoms with Crippen molar-refractivity contribution >= 4 is 17.2 Å². The summed E-state index contributed by atoms with van der Waals surface area (Å²) in [6, 6.07) is 9.57. The number of ether oxygens (including phenoxy) is 1. The molecule has 1 aromatic heterocycles. The normalized spacial score (nSPS) is 17.2. The topological polar surface area (TPSA) is 51.2 Å². The predicted molar refractivity (Wildman–Crippen MR) is 81.9 cm³/mol. The van der Waals surface area contributed by atoms with Crippen LogP contribution in [0.15, 0.2) is 41.9 Å². The van der Waals surface area contributed by atoms with Crippen molar-refractivity contribution in [1.82, 2.24) is 10.3 Å². The van der Waals surface area contributed by atoms with Crippen molar-refractivity contribution < 1.29 is 9.53 Å². The number of nitrogens with one attached hydrogen (secondary N) is 1. The molecule has 0 radical (unpaired) electrons. The number of nitrogens with zero attached hydrogens (tertiary/aromatic N) is 1. The fourth-order valence-corrected chi connectivity index (χ4v) is 3.23. The highest BCUT2D eigenvalue weighted by molar-refractivity contribution is 7.09. The van der Waals surface area contributed by atoms with Crippen LogP contribution >= 0.6 is 11.3 Å². The van der Waals surface area contributed by atoms with Gasteiger partial charge in [0.1, 0.15) is 5.01 Å². The standard InChI is InChI=1S/C16H18N2O2S/c1-20-14(12-5-3-2-4-6-12)15(19)18-13(11-7-8-11)16-17-9-10-21-16/h2-6,9-11,13-14H,7-8H2,1H3,(H,18,19)/t13-,14-/m0/s1. The van der Waals surface area contributed by atoms with E-state index in [9.17, 15) is 4.79 Å². The average molecular weight is 302 g/mol. The molecule has 1 saturated carbocycles. The van der Waals surface area contributed by atoms with Crippen LogP contribution in [-0.2, 0) is 9.53 Å².